The first-order valence-electron chi connectivity index (χ1n) is 19.8. The van der Waals surface area contributed by atoms with Crippen molar-refractivity contribution in [1.29, 1.82) is 0 Å². The number of carbonyl (C=O) groups excluding carboxylic acids is 4. The Morgan fingerprint density at radius 2 is 1.64 bits per heavy atom. The third-order valence-electron chi connectivity index (χ3n) is 10.6. The molecule has 4 atom stereocenters. The van der Waals surface area contributed by atoms with Gasteiger partial charge in [0.2, 0.25) is 23.6 Å². The lowest BCUT2D eigenvalue weighted by Gasteiger charge is -2.32. The molecule has 15 nitrogen and oxygen atoms in total. The Labute approximate surface area is 359 Å². The van der Waals surface area contributed by atoms with Gasteiger partial charge in [-0.25, -0.2) is 22.9 Å². The van der Waals surface area contributed by atoms with Gasteiger partial charge in [-0.2, -0.15) is 0 Å². The number of aryl methyl sites for hydroxylation is 1. The van der Waals surface area contributed by atoms with Crippen LogP contribution in [0.15, 0.2) is 56.3 Å². The van der Waals surface area contributed by atoms with Gasteiger partial charge in [0, 0.05) is 22.6 Å². The average Bonchev–Trinajstić information content (AvgIpc) is 3.73. The summed E-state index contributed by atoms with van der Waals surface area (Å²) in [5.41, 5.74) is 8.60. The number of sulfonamides is 1. The molecule has 3 aromatic rings. The normalized spacial score (nSPS) is 15.7. The number of hydrogen-bond acceptors (Lipinski definition) is 10. The van der Waals surface area contributed by atoms with Crippen LogP contribution in [0.2, 0.25) is 0 Å². The van der Waals surface area contributed by atoms with E-state index in [1.54, 1.807) is 46.1 Å². The second-order valence-corrected chi connectivity index (χ2v) is 18.7. The number of urea groups is 1. The third-order valence-corrected chi connectivity index (χ3v) is 13.5. The van der Waals surface area contributed by atoms with E-state index in [0.717, 1.165) is 53.5 Å². The fourth-order valence-electron chi connectivity index (χ4n) is 7.24. The van der Waals surface area contributed by atoms with Gasteiger partial charge in [0.25, 0.3) is 10.0 Å². The number of nitrogens with two attached hydrogens (primary N) is 1. The molecule has 4 amide bonds. The van der Waals surface area contributed by atoms with Gasteiger partial charge in [-0.3, -0.25) is 19.4 Å². The first-order chi connectivity index (χ1) is 27.9. The fourth-order valence-corrected chi connectivity index (χ4v) is 9.62. The number of halogens is 1. The molecule has 322 valence electrons. The number of nitrogens with zero attached hydrogens (tertiary/aromatic N) is 2. The Kier molecular flexibility index (Phi) is 17.3. The number of ketones is 1. The molecule has 0 unspecified atom stereocenters. The highest BCUT2D eigenvalue weighted by Crippen LogP contribution is 2.31. The topological polar surface area (TPSA) is 223 Å². The number of benzene rings is 2. The number of methoxy groups -OCH3 is 1. The molecule has 1 aliphatic rings. The van der Waals surface area contributed by atoms with Gasteiger partial charge < -0.3 is 31.7 Å². The SMILES string of the molecule is COc1cc(C)c(S(=O)(=O)NC(N)=NCCC[C@H](NC(=O)[C@@H](NC(=O)[C@@H](NC(=O)N[C@@H](C)c2ccc(Br)cc2)C2CCCCC2)C(C)C)C(=O)c2nccs2)c(C)c1C. The van der Waals surface area contributed by atoms with Crippen molar-refractivity contribution >= 4 is 66.9 Å². The number of amides is 4. The largest absolute Gasteiger partial charge is 0.496 e. The van der Waals surface area contributed by atoms with Crippen LogP contribution in [0.4, 0.5) is 4.79 Å². The number of thiazole rings is 1. The number of rotatable bonds is 18. The first-order valence-corrected chi connectivity index (χ1v) is 22.9. The predicted molar refractivity (Wildman–Crippen MR) is 233 cm³/mol. The van der Waals surface area contributed by atoms with Crippen LogP contribution in [-0.4, -0.2) is 74.8 Å². The van der Waals surface area contributed by atoms with Crippen LogP contribution in [-0.2, 0) is 19.6 Å². The molecule has 0 aliphatic heterocycles. The summed E-state index contributed by atoms with van der Waals surface area (Å²) in [6, 6.07) is 5.43. The fraction of sp³-hybridized carbons (Fsp3) is 0.512. The summed E-state index contributed by atoms with van der Waals surface area (Å²) in [7, 11) is -2.57. The Morgan fingerprint density at radius 3 is 2.25 bits per heavy atom. The predicted octanol–water partition coefficient (Wildman–Crippen LogP) is 5.73. The zero-order chi connectivity index (χ0) is 43.4. The van der Waals surface area contributed by atoms with E-state index in [4.69, 9.17) is 10.5 Å². The number of Topliss-reactive ketones (excluding diaryl/α,β-unsaturated/α-hetero) is 1. The molecular formula is C41H57BrN8O7S2. The van der Waals surface area contributed by atoms with Gasteiger partial charge in [-0.1, -0.05) is 61.2 Å². The van der Waals surface area contributed by atoms with Crippen LogP contribution >= 0.6 is 27.3 Å². The van der Waals surface area contributed by atoms with Crippen molar-refractivity contribution < 1.29 is 32.3 Å². The lowest BCUT2D eigenvalue weighted by molar-refractivity contribution is -0.132. The average molecular weight is 918 g/mol. The Morgan fingerprint density at radius 1 is 0.966 bits per heavy atom. The van der Waals surface area contributed by atoms with E-state index in [-0.39, 0.29) is 53.1 Å². The van der Waals surface area contributed by atoms with Crippen LogP contribution in [0, 0.1) is 32.6 Å². The molecule has 0 spiro atoms. The van der Waals surface area contributed by atoms with E-state index in [1.807, 2.05) is 31.2 Å². The first kappa shape index (κ1) is 47.1. The van der Waals surface area contributed by atoms with Gasteiger partial charge in [0.15, 0.2) is 5.01 Å². The molecule has 1 aromatic heterocycles. The van der Waals surface area contributed by atoms with Gasteiger partial charge in [-0.05, 0) is 106 Å². The highest BCUT2D eigenvalue weighted by atomic mass is 79.9. The molecule has 2 aromatic carbocycles. The van der Waals surface area contributed by atoms with Crippen LogP contribution in [0.5, 0.6) is 5.75 Å². The molecule has 1 heterocycles. The minimum Gasteiger partial charge on any atom is -0.496 e. The second-order valence-electron chi connectivity index (χ2n) is 15.2. The zero-order valence-electron chi connectivity index (χ0n) is 34.7. The van der Waals surface area contributed by atoms with Crippen LogP contribution < -0.4 is 36.5 Å². The van der Waals surface area contributed by atoms with Crippen LogP contribution in [0.3, 0.4) is 0 Å². The van der Waals surface area contributed by atoms with Gasteiger partial charge in [-0.15, -0.1) is 11.3 Å². The molecule has 0 bridgehead atoms. The Balaban J connectivity index is 1.44. The minimum atomic E-state index is -4.09. The Hall–Kier alpha value is -4.55. The zero-order valence-corrected chi connectivity index (χ0v) is 37.9. The summed E-state index contributed by atoms with van der Waals surface area (Å²) in [6.07, 6.45) is 6.23. The summed E-state index contributed by atoms with van der Waals surface area (Å²) < 4.78 is 35.3. The molecule has 0 saturated heterocycles. The smallest absolute Gasteiger partial charge is 0.315 e. The lowest BCUT2D eigenvalue weighted by Crippen LogP contribution is -2.59. The monoisotopic (exact) mass is 916 g/mol. The standard InChI is InChI=1S/C41H57BrN8O7S2/c1-23(2)33(48-38(53)34(29-12-9-8-10-13-29)49-41(54)46-27(6)28-15-17-30(42)18-16-28)37(52)47-31(35(51)39-44-20-21-58-39)14-11-19-45-40(43)50-59(55,56)36-24(3)22-32(57-7)25(4)26(36)5/h15-18,20-23,27,29,31,33-34H,8-14,19H2,1-7H3,(H,47,52)(H,48,53)(H3,43,45,50)(H2,46,49,54)/t27-,31-,33-,34-/m0/s1. The van der Waals surface area contributed by atoms with Crippen molar-refractivity contribution in [2.24, 2.45) is 22.6 Å². The highest BCUT2D eigenvalue weighted by Gasteiger charge is 2.36. The van der Waals surface area contributed by atoms with E-state index in [9.17, 15) is 27.6 Å². The molecule has 18 heteroatoms. The van der Waals surface area contributed by atoms with Crippen molar-refractivity contribution in [3.05, 3.63) is 73.6 Å². The molecule has 1 fully saturated rings. The molecule has 1 saturated carbocycles. The van der Waals surface area contributed by atoms with Crippen LogP contribution in [0.25, 0.3) is 0 Å². The molecule has 7 N–H and O–H groups in total. The van der Waals surface area contributed by atoms with Crippen molar-refractivity contribution in [3.63, 3.8) is 0 Å². The lowest BCUT2D eigenvalue weighted by atomic mass is 9.83. The van der Waals surface area contributed by atoms with E-state index < -0.39 is 51.8 Å². The summed E-state index contributed by atoms with van der Waals surface area (Å²) in [4.78, 5) is 63.4. The molecule has 0 radical (unpaired) electrons. The molecule has 59 heavy (non-hydrogen) atoms. The number of aliphatic imine (C=N–C) groups is 1. The van der Waals surface area contributed by atoms with Crippen molar-refractivity contribution in [3.8, 4) is 5.75 Å². The Bertz CT molecular complexity index is 2070. The van der Waals surface area contributed by atoms with Gasteiger partial charge in [0.05, 0.1) is 24.1 Å². The van der Waals surface area contributed by atoms with Crippen molar-refractivity contribution in [2.75, 3.05) is 13.7 Å². The van der Waals surface area contributed by atoms with Crippen molar-refractivity contribution in [1.82, 2.24) is 31.0 Å². The molecule has 1 aliphatic carbocycles. The van der Waals surface area contributed by atoms with Gasteiger partial charge >= 0.3 is 6.03 Å². The number of carbonyl (C=O) groups is 4. The number of hydrogen-bond donors (Lipinski definition) is 6. The van der Waals surface area contributed by atoms with Crippen LogP contribution in [0.1, 0.15) is 104 Å². The number of guanidine groups is 1. The number of nitrogens with one attached hydrogen (secondary N) is 5. The molecule has 4 rings (SSSR count). The maximum Gasteiger partial charge on any atom is 0.315 e. The summed E-state index contributed by atoms with van der Waals surface area (Å²) in [5.74, 6) is -1.74. The molecular weight excluding hydrogens is 861 g/mol. The second kappa shape index (κ2) is 21.6. The van der Waals surface area contributed by atoms with E-state index in [2.05, 4.69) is 51.9 Å². The third kappa shape index (κ3) is 13.0. The van der Waals surface area contributed by atoms with E-state index in [0.29, 0.717) is 22.4 Å². The number of aromatic nitrogens is 1. The van der Waals surface area contributed by atoms with E-state index in [1.165, 1.54) is 13.3 Å². The number of ether oxygens (including phenoxy) is 1. The quantitative estimate of drug-likeness (QED) is 0.0396. The van der Waals surface area contributed by atoms with Gasteiger partial charge in [0.1, 0.15) is 17.8 Å². The minimum absolute atomic E-state index is 0.0348. The maximum atomic E-state index is 14.0. The summed E-state index contributed by atoms with van der Waals surface area (Å²) in [5, 5.41) is 13.4. The summed E-state index contributed by atoms with van der Waals surface area (Å²) in [6.45, 7) is 10.6. The summed E-state index contributed by atoms with van der Waals surface area (Å²) >= 11 is 4.56. The van der Waals surface area contributed by atoms with E-state index >= 15 is 0 Å². The van der Waals surface area contributed by atoms with Crippen molar-refractivity contribution in [2.45, 2.75) is 116 Å². The highest BCUT2D eigenvalue weighted by molar-refractivity contribution is 9.10. The maximum absolute atomic E-state index is 14.0.